The van der Waals surface area contributed by atoms with E-state index in [0.29, 0.717) is 12.2 Å². The molecule has 0 aromatic heterocycles. The van der Waals surface area contributed by atoms with E-state index in [1.807, 2.05) is 57.2 Å². The van der Waals surface area contributed by atoms with E-state index in [2.05, 4.69) is 24.1 Å². The first-order valence-corrected chi connectivity index (χ1v) is 12.1. The third-order valence-electron chi connectivity index (χ3n) is 5.13. The molecule has 0 radical (unpaired) electrons. The number of hydrogen-bond donors (Lipinski definition) is 1. The number of nitrogens with zero attached hydrogens (tertiary/aromatic N) is 2. The van der Waals surface area contributed by atoms with Gasteiger partial charge in [0, 0.05) is 25.3 Å². The first-order chi connectivity index (χ1) is 14.1. The molecule has 0 saturated heterocycles. The first-order valence-electron chi connectivity index (χ1n) is 10.2. The summed E-state index contributed by atoms with van der Waals surface area (Å²) in [6.45, 7) is 11.9. The number of nitrogens with one attached hydrogen (secondary N) is 1. The Hall–Kier alpha value is -2.54. The summed E-state index contributed by atoms with van der Waals surface area (Å²) in [4.78, 5) is 14.8. The van der Waals surface area contributed by atoms with Gasteiger partial charge in [0.2, 0.25) is 15.9 Å². The Bertz CT molecular complexity index is 958. The van der Waals surface area contributed by atoms with E-state index in [0.717, 1.165) is 47.3 Å². The molecule has 0 aliphatic carbocycles. The first kappa shape index (κ1) is 23.7. The number of hydrogen-bond acceptors (Lipinski definition) is 4. The van der Waals surface area contributed by atoms with E-state index < -0.39 is 10.0 Å². The Morgan fingerprint density at radius 2 is 1.50 bits per heavy atom. The number of anilines is 2. The highest BCUT2D eigenvalue weighted by atomic mass is 32.2. The van der Waals surface area contributed by atoms with Crippen molar-refractivity contribution in [3.8, 4) is 0 Å². The zero-order valence-corrected chi connectivity index (χ0v) is 19.6. The van der Waals surface area contributed by atoms with Crippen LogP contribution in [0.15, 0.2) is 36.4 Å². The summed E-state index contributed by atoms with van der Waals surface area (Å²) in [5, 5.41) is 2.84. The number of benzene rings is 2. The fraction of sp³-hybridized carbons (Fsp3) is 0.435. The van der Waals surface area contributed by atoms with Gasteiger partial charge < -0.3 is 10.2 Å². The Morgan fingerprint density at radius 1 is 0.967 bits per heavy atom. The molecular formula is C23H33N3O3S. The van der Waals surface area contributed by atoms with Gasteiger partial charge in [-0.15, -0.1) is 0 Å². The molecule has 1 N–H and O–H groups in total. The van der Waals surface area contributed by atoms with E-state index in [-0.39, 0.29) is 12.5 Å². The van der Waals surface area contributed by atoms with Crippen LogP contribution >= 0.6 is 0 Å². The van der Waals surface area contributed by atoms with Crippen LogP contribution in [0, 0.1) is 20.8 Å². The van der Waals surface area contributed by atoms with Crippen molar-refractivity contribution in [2.24, 2.45) is 0 Å². The Kier molecular flexibility index (Phi) is 7.89. The molecule has 0 heterocycles. The number of carbonyl (C=O) groups is 1. The van der Waals surface area contributed by atoms with Crippen molar-refractivity contribution in [3.63, 3.8) is 0 Å². The minimum absolute atomic E-state index is 0.249. The molecule has 0 bridgehead atoms. The van der Waals surface area contributed by atoms with Gasteiger partial charge in [0.05, 0.1) is 11.9 Å². The van der Waals surface area contributed by atoms with Crippen molar-refractivity contribution < 1.29 is 13.2 Å². The molecular weight excluding hydrogens is 398 g/mol. The molecule has 164 valence electrons. The number of carbonyl (C=O) groups excluding carboxylic acids is 1. The van der Waals surface area contributed by atoms with Gasteiger partial charge in [-0.05, 0) is 63.4 Å². The van der Waals surface area contributed by atoms with Gasteiger partial charge in [0.15, 0.2) is 0 Å². The average Bonchev–Trinajstić information content (AvgIpc) is 2.66. The molecule has 1 amide bonds. The molecule has 30 heavy (non-hydrogen) atoms. The number of sulfonamides is 1. The Labute approximate surface area is 180 Å². The Morgan fingerprint density at radius 3 is 1.97 bits per heavy atom. The summed E-state index contributed by atoms with van der Waals surface area (Å²) in [6.07, 6.45) is 1.13. The van der Waals surface area contributed by atoms with E-state index in [4.69, 9.17) is 0 Å². The van der Waals surface area contributed by atoms with Crippen LogP contribution in [0.5, 0.6) is 0 Å². The zero-order chi connectivity index (χ0) is 22.5. The lowest BCUT2D eigenvalue weighted by molar-refractivity contribution is -0.119. The van der Waals surface area contributed by atoms with Crippen LogP contribution in [0.3, 0.4) is 0 Å². The number of aryl methyl sites for hydroxylation is 3. The second-order valence-electron chi connectivity index (χ2n) is 7.63. The summed E-state index contributed by atoms with van der Waals surface area (Å²) >= 11 is 0. The van der Waals surface area contributed by atoms with Gasteiger partial charge in [-0.1, -0.05) is 29.8 Å². The molecule has 2 aromatic carbocycles. The van der Waals surface area contributed by atoms with Crippen LogP contribution < -0.4 is 14.5 Å². The van der Waals surface area contributed by atoms with Crippen molar-refractivity contribution in [2.45, 2.75) is 41.2 Å². The third kappa shape index (κ3) is 5.98. The molecule has 7 heteroatoms. The van der Waals surface area contributed by atoms with Crippen LogP contribution in [-0.2, 0) is 21.4 Å². The molecule has 2 rings (SSSR count). The van der Waals surface area contributed by atoms with Crippen molar-refractivity contribution in [1.29, 1.82) is 0 Å². The monoisotopic (exact) mass is 431 g/mol. The van der Waals surface area contributed by atoms with Gasteiger partial charge in [-0.2, -0.15) is 0 Å². The minimum atomic E-state index is -3.61. The lowest BCUT2D eigenvalue weighted by Gasteiger charge is -2.26. The molecule has 2 aromatic rings. The SMILES string of the molecule is CCN(CC)c1ccc(CNC(=O)CN(c2c(C)cc(C)cc2C)S(C)(=O)=O)cc1. The van der Waals surface area contributed by atoms with E-state index >= 15 is 0 Å². The fourth-order valence-electron chi connectivity index (χ4n) is 3.73. The summed E-state index contributed by atoms with van der Waals surface area (Å²) in [7, 11) is -3.61. The standard InChI is InChI=1S/C23H33N3O3S/c1-7-25(8-2)21-11-9-20(10-12-21)15-24-22(27)16-26(30(6,28)29)23-18(4)13-17(3)14-19(23)5/h9-14H,7-8,15-16H2,1-6H3,(H,24,27). The van der Waals surface area contributed by atoms with E-state index in [1.54, 1.807) is 0 Å². The molecule has 0 spiro atoms. The Balaban J connectivity index is 2.11. The minimum Gasteiger partial charge on any atom is -0.372 e. The molecule has 6 nitrogen and oxygen atoms in total. The molecule has 0 atom stereocenters. The van der Waals surface area contributed by atoms with Gasteiger partial charge in [0.25, 0.3) is 0 Å². The summed E-state index contributed by atoms with van der Waals surface area (Å²) in [6, 6.07) is 11.9. The average molecular weight is 432 g/mol. The van der Waals surface area contributed by atoms with Gasteiger partial charge in [0.1, 0.15) is 6.54 Å². The maximum absolute atomic E-state index is 12.6. The number of rotatable bonds is 9. The molecule has 0 aliphatic heterocycles. The van der Waals surface area contributed by atoms with E-state index in [9.17, 15) is 13.2 Å². The quantitative estimate of drug-likeness (QED) is 0.659. The highest BCUT2D eigenvalue weighted by Crippen LogP contribution is 2.28. The van der Waals surface area contributed by atoms with Crippen molar-refractivity contribution in [1.82, 2.24) is 5.32 Å². The third-order valence-corrected chi connectivity index (χ3v) is 6.24. The van der Waals surface area contributed by atoms with Crippen LogP contribution in [0.4, 0.5) is 11.4 Å². The number of amides is 1. The second kappa shape index (κ2) is 9.98. The predicted octanol–water partition coefficient (Wildman–Crippen LogP) is 3.54. The lowest BCUT2D eigenvalue weighted by atomic mass is 10.1. The molecule has 0 aliphatic rings. The highest BCUT2D eigenvalue weighted by molar-refractivity contribution is 7.92. The van der Waals surface area contributed by atoms with Crippen molar-refractivity contribution in [2.75, 3.05) is 35.1 Å². The second-order valence-corrected chi connectivity index (χ2v) is 9.54. The topological polar surface area (TPSA) is 69.7 Å². The summed E-state index contributed by atoms with van der Waals surface area (Å²) < 4.78 is 26.1. The highest BCUT2D eigenvalue weighted by Gasteiger charge is 2.24. The summed E-state index contributed by atoms with van der Waals surface area (Å²) in [5.74, 6) is -0.340. The van der Waals surface area contributed by atoms with Crippen LogP contribution in [0.25, 0.3) is 0 Å². The van der Waals surface area contributed by atoms with Gasteiger partial charge in [-0.25, -0.2) is 8.42 Å². The van der Waals surface area contributed by atoms with Crippen LogP contribution in [0.1, 0.15) is 36.1 Å². The smallest absolute Gasteiger partial charge is 0.241 e. The summed E-state index contributed by atoms with van der Waals surface area (Å²) in [5.41, 5.74) is 5.40. The lowest BCUT2D eigenvalue weighted by Crippen LogP contribution is -2.40. The van der Waals surface area contributed by atoms with Crippen LogP contribution in [-0.4, -0.2) is 40.2 Å². The van der Waals surface area contributed by atoms with Gasteiger partial charge in [-0.3, -0.25) is 9.10 Å². The van der Waals surface area contributed by atoms with E-state index in [1.165, 1.54) is 4.31 Å². The fourth-order valence-corrected chi connectivity index (χ4v) is 4.70. The maximum Gasteiger partial charge on any atom is 0.241 e. The van der Waals surface area contributed by atoms with Gasteiger partial charge >= 0.3 is 0 Å². The largest absolute Gasteiger partial charge is 0.372 e. The molecule has 0 unspecified atom stereocenters. The molecule has 0 fully saturated rings. The predicted molar refractivity (Wildman–Crippen MR) is 125 cm³/mol. The van der Waals surface area contributed by atoms with Crippen LogP contribution in [0.2, 0.25) is 0 Å². The van der Waals surface area contributed by atoms with Crippen molar-refractivity contribution in [3.05, 3.63) is 58.7 Å². The molecule has 0 saturated carbocycles. The normalized spacial score (nSPS) is 11.3. The maximum atomic E-state index is 12.6. The van der Waals surface area contributed by atoms with Crippen molar-refractivity contribution >= 4 is 27.3 Å². The zero-order valence-electron chi connectivity index (χ0n) is 18.8.